The van der Waals surface area contributed by atoms with Gasteiger partial charge in [-0.1, -0.05) is 17.7 Å². The summed E-state index contributed by atoms with van der Waals surface area (Å²) >= 11 is 6.36. The zero-order valence-electron chi connectivity index (χ0n) is 25.7. The largest absolute Gasteiger partial charge is 0.434 e. The summed E-state index contributed by atoms with van der Waals surface area (Å²) in [5.74, 6) is 1.52. The normalized spacial score (nSPS) is 22.0. The Morgan fingerprint density at radius 1 is 1.20 bits per heavy atom. The monoisotopic (exact) mass is 673 g/mol. The lowest BCUT2D eigenvalue weighted by molar-refractivity contribution is -0.134. The van der Waals surface area contributed by atoms with Gasteiger partial charge in [0.05, 0.1) is 25.0 Å². The van der Waals surface area contributed by atoms with Crippen molar-refractivity contribution in [2.75, 3.05) is 50.8 Å². The third-order valence-corrected chi connectivity index (χ3v) is 10.6. The second kappa shape index (κ2) is 14.7. The van der Waals surface area contributed by atoms with Crippen LogP contribution < -0.4 is 4.74 Å². The molecule has 0 saturated carbocycles. The first-order valence-electron chi connectivity index (χ1n) is 15.6. The topological polar surface area (TPSA) is 95.6 Å². The molecule has 14 heteroatoms. The highest BCUT2D eigenvalue weighted by molar-refractivity contribution is 7.85. The molecule has 5 heterocycles. The van der Waals surface area contributed by atoms with Crippen LogP contribution in [0.3, 0.4) is 0 Å². The molecule has 3 aromatic rings. The number of alkyl halides is 2. The average Bonchev–Trinajstić information content (AvgIpc) is 3.40. The maximum absolute atomic E-state index is 13.7. The number of aromatic nitrogens is 3. The minimum absolute atomic E-state index is 0.0102. The minimum Gasteiger partial charge on any atom is -0.434 e. The molecule has 46 heavy (non-hydrogen) atoms. The average molecular weight is 674 g/mol. The standard InChI is InChI=1S/C32H38ClF2N7O3S/c1-22-3-5-26(27-17-24(33)4-6-29(27)45-32(34)35)28(37-18-23-19-38-42-10-2-9-36-31(23)42)20-41(22)21-30(43)40-11-7-25(8-12-40)39-13-15-46(44)16-14-39/h2,4-6,9-10,17,19,22,25,32H,3,7-8,11-16,18,20-21H2,1H3. The van der Waals surface area contributed by atoms with Crippen molar-refractivity contribution in [2.45, 2.75) is 51.4 Å². The Balaban J connectivity index is 1.22. The fourth-order valence-corrected chi connectivity index (χ4v) is 7.70. The van der Waals surface area contributed by atoms with Gasteiger partial charge in [-0.3, -0.25) is 23.8 Å². The molecule has 0 N–H and O–H groups in total. The Morgan fingerprint density at radius 2 is 1.98 bits per heavy atom. The fraction of sp³-hybridized carbons (Fsp3) is 0.500. The molecule has 2 aromatic heterocycles. The summed E-state index contributed by atoms with van der Waals surface area (Å²) in [4.78, 5) is 29.5. The van der Waals surface area contributed by atoms with Gasteiger partial charge < -0.3 is 9.64 Å². The maximum atomic E-state index is 13.7. The number of halogens is 3. The van der Waals surface area contributed by atoms with Crippen LogP contribution in [-0.4, -0.2) is 115 Å². The van der Waals surface area contributed by atoms with E-state index in [2.05, 4.69) is 26.8 Å². The van der Waals surface area contributed by atoms with E-state index in [-0.39, 0.29) is 30.8 Å². The third kappa shape index (κ3) is 7.64. The summed E-state index contributed by atoms with van der Waals surface area (Å²) in [5, 5.41) is 4.75. The van der Waals surface area contributed by atoms with Gasteiger partial charge in [0.1, 0.15) is 5.75 Å². The molecule has 1 unspecified atom stereocenters. The molecule has 1 amide bonds. The number of nitrogens with zero attached hydrogens (tertiary/aromatic N) is 7. The van der Waals surface area contributed by atoms with E-state index in [4.69, 9.17) is 21.3 Å². The van der Waals surface area contributed by atoms with Crippen molar-refractivity contribution in [3.63, 3.8) is 0 Å². The van der Waals surface area contributed by atoms with Gasteiger partial charge in [0.15, 0.2) is 5.65 Å². The number of fused-ring (bicyclic) bond motifs is 1. The van der Waals surface area contributed by atoms with Gasteiger partial charge in [-0.25, -0.2) is 9.50 Å². The van der Waals surface area contributed by atoms with Crippen LogP contribution in [0.15, 0.2) is 53.9 Å². The summed E-state index contributed by atoms with van der Waals surface area (Å²) in [6.07, 6.45) is 9.57. The molecule has 0 radical (unpaired) electrons. The predicted octanol–water partition coefficient (Wildman–Crippen LogP) is 4.16. The highest BCUT2D eigenvalue weighted by atomic mass is 35.5. The molecule has 0 aliphatic carbocycles. The number of carbonyl (C=O) groups is 1. The Kier molecular flexibility index (Phi) is 10.4. The summed E-state index contributed by atoms with van der Waals surface area (Å²) < 4.78 is 45.2. The van der Waals surface area contributed by atoms with Crippen molar-refractivity contribution in [1.29, 1.82) is 0 Å². The van der Waals surface area contributed by atoms with E-state index in [0.29, 0.717) is 59.6 Å². The van der Waals surface area contributed by atoms with Crippen LogP contribution >= 0.6 is 11.6 Å². The number of carbonyl (C=O) groups excluding carboxylic acids is 1. The van der Waals surface area contributed by atoms with Gasteiger partial charge in [-0.05, 0) is 50.5 Å². The lowest BCUT2D eigenvalue weighted by Gasteiger charge is -2.40. The second-order valence-corrected chi connectivity index (χ2v) is 14.1. The van der Waals surface area contributed by atoms with Gasteiger partial charge >= 0.3 is 6.61 Å². The highest BCUT2D eigenvalue weighted by Gasteiger charge is 2.31. The van der Waals surface area contributed by atoms with E-state index in [1.165, 1.54) is 12.1 Å². The zero-order chi connectivity index (χ0) is 32.2. The number of hydrogen-bond acceptors (Lipinski definition) is 8. The summed E-state index contributed by atoms with van der Waals surface area (Å²) in [5.41, 5.74) is 3.19. The zero-order valence-corrected chi connectivity index (χ0v) is 27.3. The molecule has 1 aromatic carbocycles. The van der Waals surface area contributed by atoms with Gasteiger partial charge in [0.2, 0.25) is 5.91 Å². The minimum atomic E-state index is -3.01. The first-order valence-corrected chi connectivity index (χ1v) is 17.5. The van der Waals surface area contributed by atoms with Crippen molar-refractivity contribution in [3.05, 3.63) is 65.1 Å². The Hall–Kier alpha value is -3.26. The predicted molar refractivity (Wildman–Crippen MR) is 175 cm³/mol. The molecule has 3 aliphatic rings. The molecule has 0 bridgehead atoms. The smallest absolute Gasteiger partial charge is 0.387 e. The number of amides is 1. The van der Waals surface area contributed by atoms with E-state index in [9.17, 15) is 17.8 Å². The van der Waals surface area contributed by atoms with E-state index in [0.717, 1.165) is 43.0 Å². The van der Waals surface area contributed by atoms with Crippen molar-refractivity contribution in [1.82, 2.24) is 29.3 Å². The molecule has 246 valence electrons. The highest BCUT2D eigenvalue weighted by Crippen LogP contribution is 2.34. The maximum Gasteiger partial charge on any atom is 0.387 e. The summed E-state index contributed by atoms with van der Waals surface area (Å²) in [7, 11) is -0.709. The van der Waals surface area contributed by atoms with Crippen LogP contribution in [0, 0.1) is 0 Å². The number of likely N-dealkylation sites (tertiary alicyclic amines) is 1. The fourth-order valence-electron chi connectivity index (χ4n) is 6.45. The van der Waals surface area contributed by atoms with Crippen LogP contribution in [0.2, 0.25) is 5.02 Å². The summed E-state index contributed by atoms with van der Waals surface area (Å²) in [6.45, 7) is 2.94. The lowest BCUT2D eigenvalue weighted by atomic mass is 9.99. The first kappa shape index (κ1) is 32.7. The number of aliphatic imine (C=N–C) groups is 1. The van der Waals surface area contributed by atoms with Crippen molar-refractivity contribution in [2.24, 2.45) is 4.99 Å². The molecule has 0 spiro atoms. The van der Waals surface area contributed by atoms with Crippen molar-refractivity contribution >= 4 is 45.2 Å². The number of piperidine rings is 1. The first-order chi connectivity index (χ1) is 22.2. The summed E-state index contributed by atoms with van der Waals surface area (Å²) in [6, 6.07) is 6.77. The van der Waals surface area contributed by atoms with Crippen LogP contribution in [0.5, 0.6) is 5.75 Å². The van der Waals surface area contributed by atoms with E-state index < -0.39 is 17.4 Å². The Morgan fingerprint density at radius 3 is 2.74 bits per heavy atom. The van der Waals surface area contributed by atoms with Gasteiger partial charge in [0, 0.05) is 101 Å². The number of hydrogen-bond donors (Lipinski definition) is 0. The number of benzene rings is 1. The number of ether oxygens (including phenoxy) is 1. The van der Waals surface area contributed by atoms with Crippen LogP contribution in [0.25, 0.3) is 11.2 Å². The molecule has 6 rings (SSSR count). The Labute approximate surface area is 274 Å². The third-order valence-electron chi connectivity index (χ3n) is 9.07. The molecular formula is C32H38ClF2N7O3S. The van der Waals surface area contributed by atoms with Crippen molar-refractivity contribution < 1.29 is 22.5 Å². The molecule has 2 fully saturated rings. The second-order valence-electron chi connectivity index (χ2n) is 11.9. The van der Waals surface area contributed by atoms with Gasteiger partial charge in [-0.15, -0.1) is 0 Å². The molecule has 2 saturated heterocycles. The molecule has 1 atom stereocenters. The van der Waals surface area contributed by atoms with Gasteiger partial charge in [0.25, 0.3) is 0 Å². The quantitative estimate of drug-likeness (QED) is 0.355. The van der Waals surface area contributed by atoms with Gasteiger partial charge in [-0.2, -0.15) is 13.9 Å². The van der Waals surface area contributed by atoms with Crippen molar-refractivity contribution in [3.8, 4) is 5.75 Å². The van der Waals surface area contributed by atoms with Crippen LogP contribution in [-0.2, 0) is 22.1 Å². The van der Waals surface area contributed by atoms with E-state index in [1.54, 1.807) is 29.0 Å². The SMILES string of the molecule is CC1CC=C(c2cc(Cl)ccc2OC(F)F)C(=NCc2cnn3cccnc23)CN1CC(=O)N1CCC(N2CCS(=O)CC2)CC1. The molecule has 10 nitrogen and oxygen atoms in total. The van der Waals surface area contributed by atoms with Crippen LogP contribution in [0.4, 0.5) is 8.78 Å². The van der Waals surface area contributed by atoms with E-state index in [1.807, 2.05) is 17.2 Å². The number of rotatable bonds is 8. The van der Waals surface area contributed by atoms with E-state index >= 15 is 0 Å². The Bertz CT molecular complexity index is 1630. The lowest BCUT2D eigenvalue weighted by Crippen LogP contribution is -2.52. The molecular weight excluding hydrogens is 636 g/mol. The van der Waals surface area contributed by atoms with Crippen LogP contribution in [0.1, 0.15) is 37.3 Å². The molecule has 3 aliphatic heterocycles.